The third-order valence-electron chi connectivity index (χ3n) is 2.49. The van der Waals surface area contributed by atoms with E-state index in [0.717, 1.165) is 19.4 Å². The van der Waals surface area contributed by atoms with Crippen LogP contribution in [0.5, 0.6) is 5.75 Å². The Balaban J connectivity index is 1.99. The number of hydrogen-bond acceptors (Lipinski definition) is 3. The zero-order valence-corrected chi connectivity index (χ0v) is 8.36. The van der Waals surface area contributed by atoms with Gasteiger partial charge in [0.25, 0.3) is 0 Å². The number of phenolic OH excluding ortho intramolecular Hbond substituents is 1. The first-order valence-electron chi connectivity index (χ1n) is 5.09. The van der Waals surface area contributed by atoms with Crippen LogP contribution in [-0.2, 0) is 4.79 Å². The maximum atomic E-state index is 11.7. The average Bonchev–Trinajstić information content (AvgIpc) is 2.70. The molecule has 1 aromatic rings. The fourth-order valence-corrected chi connectivity index (χ4v) is 1.72. The molecule has 15 heavy (non-hydrogen) atoms. The van der Waals surface area contributed by atoms with Crippen LogP contribution in [0.15, 0.2) is 24.3 Å². The van der Waals surface area contributed by atoms with Crippen molar-refractivity contribution in [2.75, 3.05) is 11.9 Å². The average molecular weight is 206 g/mol. The molecule has 1 heterocycles. The first-order chi connectivity index (χ1) is 7.25. The number of hydrogen-bond donors (Lipinski definition) is 3. The van der Waals surface area contributed by atoms with Gasteiger partial charge in [0.2, 0.25) is 5.91 Å². The maximum absolute atomic E-state index is 11.7. The number of nitrogens with one attached hydrogen (secondary N) is 2. The fraction of sp³-hybridized carbons (Fsp3) is 0.364. The predicted octanol–water partition coefficient (Wildman–Crippen LogP) is 1.08. The van der Waals surface area contributed by atoms with E-state index in [1.54, 1.807) is 18.2 Å². The Hall–Kier alpha value is -1.55. The second-order valence-corrected chi connectivity index (χ2v) is 3.69. The Morgan fingerprint density at radius 2 is 2.40 bits per heavy atom. The lowest BCUT2D eigenvalue weighted by molar-refractivity contribution is -0.117. The van der Waals surface area contributed by atoms with E-state index in [4.69, 9.17) is 0 Å². The highest BCUT2D eigenvalue weighted by atomic mass is 16.3. The summed E-state index contributed by atoms with van der Waals surface area (Å²) >= 11 is 0. The minimum atomic E-state index is -0.0904. The largest absolute Gasteiger partial charge is 0.508 e. The monoisotopic (exact) mass is 206 g/mol. The molecule has 1 atom stereocenters. The summed E-state index contributed by atoms with van der Waals surface area (Å²) in [5.74, 6) is 0.130. The first kappa shape index (κ1) is 9.98. The second kappa shape index (κ2) is 4.31. The number of benzene rings is 1. The normalized spacial score (nSPS) is 20.1. The summed E-state index contributed by atoms with van der Waals surface area (Å²) < 4.78 is 0. The van der Waals surface area contributed by atoms with E-state index in [2.05, 4.69) is 10.6 Å². The number of anilines is 1. The molecule has 0 radical (unpaired) electrons. The second-order valence-electron chi connectivity index (χ2n) is 3.69. The van der Waals surface area contributed by atoms with E-state index in [1.807, 2.05) is 0 Å². The third-order valence-corrected chi connectivity index (χ3v) is 2.49. The quantitative estimate of drug-likeness (QED) is 0.678. The van der Waals surface area contributed by atoms with Gasteiger partial charge in [0.15, 0.2) is 0 Å². The molecule has 4 heteroatoms. The Kier molecular flexibility index (Phi) is 2.87. The van der Waals surface area contributed by atoms with Crippen LogP contribution in [0.25, 0.3) is 0 Å². The summed E-state index contributed by atoms with van der Waals surface area (Å²) in [5, 5.41) is 15.1. The maximum Gasteiger partial charge on any atom is 0.241 e. The summed E-state index contributed by atoms with van der Waals surface area (Å²) in [5.41, 5.74) is 0.633. The van der Waals surface area contributed by atoms with Gasteiger partial charge in [-0.25, -0.2) is 0 Å². The lowest BCUT2D eigenvalue weighted by Crippen LogP contribution is -2.35. The molecule has 2 rings (SSSR count). The highest BCUT2D eigenvalue weighted by molar-refractivity contribution is 5.95. The highest BCUT2D eigenvalue weighted by Crippen LogP contribution is 2.16. The van der Waals surface area contributed by atoms with Gasteiger partial charge in [-0.05, 0) is 31.5 Å². The van der Waals surface area contributed by atoms with Crippen molar-refractivity contribution in [3.63, 3.8) is 0 Å². The summed E-state index contributed by atoms with van der Waals surface area (Å²) in [6.45, 7) is 0.901. The van der Waals surface area contributed by atoms with E-state index in [0.29, 0.717) is 5.69 Å². The van der Waals surface area contributed by atoms with Crippen molar-refractivity contribution in [1.29, 1.82) is 0 Å². The lowest BCUT2D eigenvalue weighted by atomic mass is 10.2. The molecule has 0 saturated carbocycles. The summed E-state index contributed by atoms with van der Waals surface area (Å²) in [6.07, 6.45) is 1.92. The molecule has 1 amide bonds. The SMILES string of the molecule is O=C(Nc1cccc(O)c1)[C@@H]1CCCN1. The van der Waals surface area contributed by atoms with Gasteiger partial charge in [0.1, 0.15) is 5.75 Å². The van der Waals surface area contributed by atoms with Crippen LogP contribution in [0.1, 0.15) is 12.8 Å². The van der Waals surface area contributed by atoms with Gasteiger partial charge >= 0.3 is 0 Å². The lowest BCUT2D eigenvalue weighted by Gasteiger charge is -2.10. The molecule has 3 N–H and O–H groups in total. The van der Waals surface area contributed by atoms with E-state index in [9.17, 15) is 9.90 Å². The van der Waals surface area contributed by atoms with Gasteiger partial charge in [-0.3, -0.25) is 4.79 Å². The molecule has 1 fully saturated rings. The highest BCUT2D eigenvalue weighted by Gasteiger charge is 2.21. The minimum absolute atomic E-state index is 0.0295. The summed E-state index contributed by atoms with van der Waals surface area (Å²) in [4.78, 5) is 11.7. The van der Waals surface area contributed by atoms with Gasteiger partial charge in [-0.2, -0.15) is 0 Å². The molecule has 1 saturated heterocycles. The van der Waals surface area contributed by atoms with E-state index in [-0.39, 0.29) is 17.7 Å². The minimum Gasteiger partial charge on any atom is -0.508 e. The van der Waals surface area contributed by atoms with Crippen LogP contribution in [0.2, 0.25) is 0 Å². The number of carbonyl (C=O) groups excluding carboxylic acids is 1. The molecular formula is C11H14N2O2. The van der Waals surface area contributed by atoms with Gasteiger partial charge in [0, 0.05) is 11.8 Å². The standard InChI is InChI=1S/C11H14N2O2/c14-9-4-1-3-8(7-9)13-11(15)10-5-2-6-12-10/h1,3-4,7,10,12,14H,2,5-6H2,(H,13,15)/t10-/m0/s1. The molecule has 80 valence electrons. The number of rotatable bonds is 2. The van der Waals surface area contributed by atoms with Crippen molar-refractivity contribution >= 4 is 11.6 Å². The van der Waals surface area contributed by atoms with Crippen molar-refractivity contribution in [3.8, 4) is 5.75 Å². The Labute approximate surface area is 88.3 Å². The van der Waals surface area contributed by atoms with Gasteiger partial charge < -0.3 is 15.7 Å². The van der Waals surface area contributed by atoms with E-state index in [1.165, 1.54) is 6.07 Å². The van der Waals surface area contributed by atoms with Gasteiger partial charge in [0.05, 0.1) is 6.04 Å². The molecule has 0 aromatic heterocycles. The topological polar surface area (TPSA) is 61.4 Å². The van der Waals surface area contributed by atoms with Crippen molar-refractivity contribution in [2.24, 2.45) is 0 Å². The van der Waals surface area contributed by atoms with Gasteiger partial charge in [-0.1, -0.05) is 6.07 Å². The zero-order chi connectivity index (χ0) is 10.7. The molecule has 1 aromatic carbocycles. The molecule has 1 aliphatic heterocycles. The van der Waals surface area contributed by atoms with Crippen LogP contribution in [-0.4, -0.2) is 23.6 Å². The summed E-state index contributed by atoms with van der Waals surface area (Å²) in [6, 6.07) is 6.47. The van der Waals surface area contributed by atoms with Crippen molar-refractivity contribution in [2.45, 2.75) is 18.9 Å². The van der Waals surface area contributed by atoms with Crippen molar-refractivity contribution in [1.82, 2.24) is 5.32 Å². The van der Waals surface area contributed by atoms with Gasteiger partial charge in [-0.15, -0.1) is 0 Å². The van der Waals surface area contributed by atoms with Crippen molar-refractivity contribution < 1.29 is 9.90 Å². The van der Waals surface area contributed by atoms with E-state index >= 15 is 0 Å². The summed E-state index contributed by atoms with van der Waals surface area (Å²) in [7, 11) is 0. The number of aromatic hydroxyl groups is 1. The smallest absolute Gasteiger partial charge is 0.241 e. The molecule has 0 unspecified atom stereocenters. The van der Waals surface area contributed by atoms with Crippen LogP contribution in [0, 0.1) is 0 Å². The third kappa shape index (κ3) is 2.47. The Morgan fingerprint density at radius 1 is 1.53 bits per heavy atom. The Morgan fingerprint density at radius 3 is 3.07 bits per heavy atom. The molecule has 4 nitrogen and oxygen atoms in total. The molecule has 1 aliphatic rings. The van der Waals surface area contributed by atoms with E-state index < -0.39 is 0 Å². The van der Waals surface area contributed by atoms with Crippen LogP contribution >= 0.6 is 0 Å². The Bertz CT molecular complexity index is 359. The predicted molar refractivity (Wildman–Crippen MR) is 57.8 cm³/mol. The zero-order valence-electron chi connectivity index (χ0n) is 8.36. The molecule has 0 aliphatic carbocycles. The molecule has 0 bridgehead atoms. The number of amides is 1. The number of phenols is 1. The molecule has 0 spiro atoms. The van der Waals surface area contributed by atoms with Crippen LogP contribution in [0.3, 0.4) is 0 Å². The van der Waals surface area contributed by atoms with Crippen LogP contribution < -0.4 is 10.6 Å². The molecular weight excluding hydrogens is 192 g/mol. The number of carbonyl (C=O) groups is 1. The first-order valence-corrected chi connectivity index (χ1v) is 5.09. The van der Waals surface area contributed by atoms with Crippen LogP contribution in [0.4, 0.5) is 5.69 Å². The fourth-order valence-electron chi connectivity index (χ4n) is 1.72. The van der Waals surface area contributed by atoms with Crippen molar-refractivity contribution in [3.05, 3.63) is 24.3 Å².